The first-order chi connectivity index (χ1) is 11.4. The molecule has 6 heteroatoms. The van der Waals surface area contributed by atoms with E-state index in [1.54, 1.807) is 11.8 Å². The minimum atomic E-state index is -0.425. The Morgan fingerprint density at radius 2 is 1.96 bits per heavy atom. The Hall–Kier alpha value is -2.21. The molecule has 0 saturated carbocycles. The van der Waals surface area contributed by atoms with Crippen molar-refractivity contribution < 1.29 is 14.0 Å². The number of hydrogen-bond donors (Lipinski definition) is 1. The average molecular weight is 391 g/mol. The van der Waals surface area contributed by atoms with Crippen molar-refractivity contribution in [2.24, 2.45) is 5.92 Å². The van der Waals surface area contributed by atoms with Crippen LogP contribution in [0.4, 0.5) is 15.8 Å². The predicted octanol–water partition coefficient (Wildman–Crippen LogP) is 3.89. The van der Waals surface area contributed by atoms with Crippen LogP contribution in [-0.4, -0.2) is 18.4 Å². The number of amides is 2. The Kier molecular flexibility index (Phi) is 4.66. The van der Waals surface area contributed by atoms with E-state index in [1.165, 1.54) is 18.2 Å². The van der Waals surface area contributed by atoms with Crippen LogP contribution < -0.4 is 10.2 Å². The van der Waals surface area contributed by atoms with E-state index in [2.05, 4.69) is 21.2 Å². The SMILES string of the molecule is Cc1cc(F)ccc1NC(=O)[C@@H]1CC(=O)N(c2ccc(Br)cc2)C1. The second-order valence-electron chi connectivity index (χ2n) is 5.83. The van der Waals surface area contributed by atoms with Crippen molar-refractivity contribution >= 4 is 39.1 Å². The molecule has 2 aromatic carbocycles. The predicted molar refractivity (Wildman–Crippen MR) is 94.4 cm³/mol. The number of nitrogens with zero attached hydrogens (tertiary/aromatic N) is 1. The summed E-state index contributed by atoms with van der Waals surface area (Å²) in [5, 5.41) is 2.79. The molecule has 24 heavy (non-hydrogen) atoms. The third-order valence-corrected chi connectivity index (χ3v) is 4.61. The van der Waals surface area contributed by atoms with Crippen molar-refractivity contribution in [3.63, 3.8) is 0 Å². The zero-order valence-corrected chi connectivity index (χ0v) is 14.6. The fourth-order valence-corrected chi connectivity index (χ4v) is 3.02. The maximum Gasteiger partial charge on any atom is 0.229 e. The van der Waals surface area contributed by atoms with Gasteiger partial charge in [-0.3, -0.25) is 9.59 Å². The third kappa shape index (κ3) is 3.48. The second kappa shape index (κ2) is 6.73. The molecule has 1 aliphatic heterocycles. The van der Waals surface area contributed by atoms with E-state index in [9.17, 15) is 14.0 Å². The van der Waals surface area contributed by atoms with E-state index < -0.39 is 5.92 Å². The molecular weight excluding hydrogens is 375 g/mol. The van der Waals surface area contributed by atoms with E-state index in [4.69, 9.17) is 0 Å². The molecule has 1 saturated heterocycles. The molecule has 3 rings (SSSR count). The van der Waals surface area contributed by atoms with Crippen molar-refractivity contribution in [1.82, 2.24) is 0 Å². The summed E-state index contributed by atoms with van der Waals surface area (Å²) in [6.07, 6.45) is 0.169. The molecule has 1 heterocycles. The summed E-state index contributed by atoms with van der Waals surface area (Å²) in [5.41, 5.74) is 1.99. The number of aryl methyl sites for hydroxylation is 1. The van der Waals surface area contributed by atoms with Gasteiger partial charge in [-0.05, 0) is 55.0 Å². The highest BCUT2D eigenvalue weighted by Gasteiger charge is 2.35. The number of carbonyl (C=O) groups excluding carboxylic acids is 2. The number of nitrogens with one attached hydrogen (secondary N) is 1. The lowest BCUT2D eigenvalue weighted by atomic mass is 10.1. The van der Waals surface area contributed by atoms with Crippen LogP contribution in [0, 0.1) is 18.7 Å². The summed E-state index contributed by atoms with van der Waals surface area (Å²) in [7, 11) is 0. The van der Waals surface area contributed by atoms with Crippen LogP contribution in [0.5, 0.6) is 0 Å². The van der Waals surface area contributed by atoms with Crippen molar-refractivity contribution in [2.75, 3.05) is 16.8 Å². The first-order valence-corrected chi connectivity index (χ1v) is 8.36. The van der Waals surface area contributed by atoms with Crippen LogP contribution in [0.1, 0.15) is 12.0 Å². The van der Waals surface area contributed by atoms with Gasteiger partial charge in [0.15, 0.2) is 0 Å². The molecule has 0 bridgehead atoms. The van der Waals surface area contributed by atoms with Crippen LogP contribution in [0.25, 0.3) is 0 Å². The molecule has 0 radical (unpaired) electrons. The number of carbonyl (C=O) groups is 2. The van der Waals surface area contributed by atoms with Gasteiger partial charge in [-0.25, -0.2) is 4.39 Å². The first kappa shape index (κ1) is 16.6. The minimum Gasteiger partial charge on any atom is -0.326 e. The highest BCUT2D eigenvalue weighted by molar-refractivity contribution is 9.10. The number of anilines is 2. The quantitative estimate of drug-likeness (QED) is 0.863. The fourth-order valence-electron chi connectivity index (χ4n) is 2.76. The Bertz CT molecular complexity index is 792. The van der Waals surface area contributed by atoms with Crippen molar-refractivity contribution in [2.45, 2.75) is 13.3 Å². The number of rotatable bonds is 3. The Morgan fingerprint density at radius 1 is 1.25 bits per heavy atom. The molecule has 1 fully saturated rings. The van der Waals surface area contributed by atoms with Gasteiger partial charge >= 0.3 is 0 Å². The lowest BCUT2D eigenvalue weighted by Gasteiger charge is -2.17. The van der Waals surface area contributed by atoms with Gasteiger partial charge in [0.1, 0.15) is 5.82 Å². The monoisotopic (exact) mass is 390 g/mol. The fraction of sp³-hybridized carbons (Fsp3) is 0.222. The van der Waals surface area contributed by atoms with E-state index in [0.717, 1.165) is 10.2 Å². The van der Waals surface area contributed by atoms with Crippen LogP contribution in [-0.2, 0) is 9.59 Å². The highest BCUT2D eigenvalue weighted by atomic mass is 79.9. The topological polar surface area (TPSA) is 49.4 Å². The summed E-state index contributed by atoms with van der Waals surface area (Å²) in [6.45, 7) is 2.07. The minimum absolute atomic E-state index is 0.0756. The van der Waals surface area contributed by atoms with Gasteiger partial charge in [0.2, 0.25) is 11.8 Å². The van der Waals surface area contributed by atoms with Crippen molar-refractivity contribution in [3.8, 4) is 0 Å². The van der Waals surface area contributed by atoms with Gasteiger partial charge in [-0.2, -0.15) is 0 Å². The lowest BCUT2D eigenvalue weighted by Crippen LogP contribution is -2.28. The summed E-state index contributed by atoms with van der Waals surface area (Å²) in [4.78, 5) is 26.3. The smallest absolute Gasteiger partial charge is 0.229 e. The third-order valence-electron chi connectivity index (χ3n) is 4.08. The molecule has 0 aromatic heterocycles. The largest absolute Gasteiger partial charge is 0.326 e. The molecule has 0 spiro atoms. The zero-order chi connectivity index (χ0) is 17.3. The van der Waals surface area contributed by atoms with E-state index in [0.29, 0.717) is 17.8 Å². The normalized spacial score (nSPS) is 17.2. The molecule has 4 nitrogen and oxygen atoms in total. The van der Waals surface area contributed by atoms with Crippen LogP contribution in [0.2, 0.25) is 0 Å². The van der Waals surface area contributed by atoms with Gasteiger partial charge in [-0.1, -0.05) is 15.9 Å². The number of hydrogen-bond acceptors (Lipinski definition) is 2. The maximum absolute atomic E-state index is 13.1. The van der Waals surface area contributed by atoms with Gasteiger partial charge in [0.05, 0.1) is 5.92 Å². The first-order valence-electron chi connectivity index (χ1n) is 7.57. The van der Waals surface area contributed by atoms with Crippen LogP contribution >= 0.6 is 15.9 Å². The van der Waals surface area contributed by atoms with E-state index >= 15 is 0 Å². The Labute approximate surface area is 147 Å². The van der Waals surface area contributed by atoms with Crippen LogP contribution in [0.15, 0.2) is 46.9 Å². The van der Waals surface area contributed by atoms with E-state index in [1.807, 2.05) is 24.3 Å². The Balaban J connectivity index is 1.70. The molecule has 1 N–H and O–H groups in total. The van der Waals surface area contributed by atoms with Gasteiger partial charge in [0, 0.05) is 28.8 Å². The average Bonchev–Trinajstić information content (AvgIpc) is 2.93. The summed E-state index contributed by atoms with van der Waals surface area (Å²) in [5.74, 6) is -1.07. The standard InChI is InChI=1S/C18H16BrFN2O2/c1-11-8-14(20)4-7-16(11)21-18(24)12-9-17(23)22(10-12)15-5-2-13(19)3-6-15/h2-8,12H,9-10H2,1H3,(H,21,24)/t12-/m1/s1. The maximum atomic E-state index is 13.1. The zero-order valence-electron chi connectivity index (χ0n) is 13.1. The van der Waals surface area contributed by atoms with Crippen molar-refractivity contribution in [1.29, 1.82) is 0 Å². The summed E-state index contributed by atoms with van der Waals surface area (Å²) >= 11 is 3.36. The molecule has 2 amide bonds. The van der Waals surface area contributed by atoms with E-state index in [-0.39, 0.29) is 24.1 Å². The summed E-state index contributed by atoms with van der Waals surface area (Å²) < 4.78 is 14.1. The van der Waals surface area contributed by atoms with Gasteiger partial charge in [-0.15, -0.1) is 0 Å². The van der Waals surface area contributed by atoms with Gasteiger partial charge in [0.25, 0.3) is 0 Å². The lowest BCUT2D eigenvalue weighted by molar-refractivity contribution is -0.122. The molecule has 1 atom stereocenters. The molecule has 1 aliphatic rings. The number of halogens is 2. The molecule has 124 valence electrons. The highest BCUT2D eigenvalue weighted by Crippen LogP contribution is 2.27. The van der Waals surface area contributed by atoms with Gasteiger partial charge < -0.3 is 10.2 Å². The molecule has 2 aromatic rings. The Morgan fingerprint density at radius 3 is 2.62 bits per heavy atom. The second-order valence-corrected chi connectivity index (χ2v) is 6.75. The van der Waals surface area contributed by atoms with Crippen molar-refractivity contribution in [3.05, 3.63) is 58.3 Å². The number of benzene rings is 2. The molecule has 0 aliphatic carbocycles. The molecular formula is C18H16BrFN2O2. The van der Waals surface area contributed by atoms with Crippen LogP contribution in [0.3, 0.4) is 0 Å². The molecule has 0 unspecified atom stereocenters. The summed E-state index contributed by atoms with van der Waals surface area (Å²) in [6, 6.07) is 11.6.